The molecule has 0 amide bonds. The fraction of sp³-hybridized carbons (Fsp3) is 0.833. The topological polar surface area (TPSA) is 112 Å². The lowest BCUT2D eigenvalue weighted by atomic mass is 9.93. The molecule has 7 nitrogen and oxygen atoms in total. The van der Waals surface area contributed by atoms with Crippen molar-refractivity contribution in [3.8, 4) is 0 Å². The number of unbranched alkanes of at least 4 members (excludes halogenated alkanes) is 12. The Bertz CT molecular complexity index is 607. The summed E-state index contributed by atoms with van der Waals surface area (Å²) < 4.78 is -0.410. The summed E-state index contributed by atoms with van der Waals surface area (Å²) in [5.41, 5.74) is 0. The van der Waals surface area contributed by atoms with Crippen LogP contribution in [0.3, 0.4) is 0 Å². The van der Waals surface area contributed by atoms with Crippen LogP contribution in [0.1, 0.15) is 137 Å². The first kappa shape index (κ1) is 35.1. The van der Waals surface area contributed by atoms with Crippen LogP contribution in [0.2, 0.25) is 0 Å². The van der Waals surface area contributed by atoms with Crippen LogP contribution in [-0.4, -0.2) is 62.4 Å². The third kappa shape index (κ3) is 12.5. The van der Waals surface area contributed by atoms with E-state index < -0.39 is 40.5 Å². The van der Waals surface area contributed by atoms with Crippen LogP contribution in [0, 0.1) is 0 Å². The number of aliphatic carboxylic acids is 3. The molecule has 0 aromatic carbocycles. The van der Waals surface area contributed by atoms with Gasteiger partial charge in [0.2, 0.25) is 0 Å². The Balaban J connectivity index is 4.79. The molecule has 0 bridgehead atoms. The van der Waals surface area contributed by atoms with Crippen LogP contribution >= 0.6 is 0 Å². The molecule has 0 rings (SSSR count). The lowest BCUT2D eigenvalue weighted by Gasteiger charge is -2.49. The van der Waals surface area contributed by atoms with E-state index in [9.17, 15) is 29.7 Å². The quantitative estimate of drug-likeness (QED) is 0.0648. The van der Waals surface area contributed by atoms with Crippen LogP contribution in [-0.2, 0) is 14.4 Å². The number of hydrogen-bond acceptors (Lipinski definition) is 3. The number of nitrogens with zero attached hydrogens (tertiary/aromatic N) is 1. The highest BCUT2D eigenvalue weighted by molar-refractivity contribution is 5.78. The SMILES string of the molecule is CCCCCCCC/C=C/CCCCCCCC[N+](C(CC)C(=O)O)(C(CC)C(=O)O)C(CC)C(=O)O. The third-order valence-electron chi connectivity index (χ3n) is 7.81. The molecule has 37 heavy (non-hydrogen) atoms. The second-order valence-electron chi connectivity index (χ2n) is 10.4. The van der Waals surface area contributed by atoms with E-state index in [0.29, 0.717) is 6.42 Å². The van der Waals surface area contributed by atoms with Crippen molar-refractivity contribution < 1.29 is 34.2 Å². The molecule has 216 valence electrons. The van der Waals surface area contributed by atoms with Gasteiger partial charge >= 0.3 is 17.9 Å². The molecule has 0 heterocycles. The Morgan fingerprint density at radius 1 is 0.541 bits per heavy atom. The predicted molar refractivity (Wildman–Crippen MR) is 150 cm³/mol. The summed E-state index contributed by atoms with van der Waals surface area (Å²) in [5, 5.41) is 30.0. The molecule has 0 aliphatic heterocycles. The lowest BCUT2D eigenvalue weighted by molar-refractivity contribution is -0.973. The second kappa shape index (κ2) is 21.1. The van der Waals surface area contributed by atoms with Gasteiger partial charge in [0.25, 0.3) is 0 Å². The van der Waals surface area contributed by atoms with Crippen LogP contribution in [0.25, 0.3) is 0 Å². The van der Waals surface area contributed by atoms with E-state index in [1.165, 1.54) is 44.9 Å². The Morgan fingerprint density at radius 3 is 1.19 bits per heavy atom. The standard InChI is InChI=1S/C30H55NO6/c1-5-9-10-11-12-13-14-15-16-17-18-19-20-21-22-23-24-31(25(6-2)28(32)33,26(7-3)29(34)35)27(8-4)30(36)37/h15-16,25-27H,5-14,17-24H2,1-4H3,(H2-,32,33,34,35,36,37)/p+1/b16-15+. The van der Waals surface area contributed by atoms with Gasteiger partial charge in [-0.05, 0) is 38.5 Å². The van der Waals surface area contributed by atoms with Crippen LogP contribution < -0.4 is 0 Å². The molecule has 0 aromatic heterocycles. The summed E-state index contributed by atoms with van der Waals surface area (Å²) in [6.45, 7) is 7.61. The van der Waals surface area contributed by atoms with Crippen molar-refractivity contribution in [1.29, 1.82) is 0 Å². The lowest BCUT2D eigenvalue weighted by Crippen LogP contribution is -2.72. The number of rotatable bonds is 25. The summed E-state index contributed by atoms with van der Waals surface area (Å²) in [4.78, 5) is 36.7. The molecule has 0 aromatic rings. The summed E-state index contributed by atoms with van der Waals surface area (Å²) in [5.74, 6) is -3.36. The molecule has 3 N–H and O–H groups in total. The molecule has 0 saturated heterocycles. The van der Waals surface area contributed by atoms with Gasteiger partial charge in [0, 0.05) is 19.3 Å². The Kier molecular flexibility index (Phi) is 20.0. The number of carboxylic acids is 3. The molecule has 7 heteroatoms. The largest absolute Gasteiger partial charge is 0.477 e. The summed E-state index contributed by atoms with van der Waals surface area (Å²) in [7, 11) is 0. The maximum atomic E-state index is 12.2. The normalized spacial score (nSPS) is 15.8. The second-order valence-corrected chi connectivity index (χ2v) is 10.4. The number of carbonyl (C=O) groups is 3. The number of quaternary nitrogens is 1. The van der Waals surface area contributed by atoms with Crippen LogP contribution in [0.5, 0.6) is 0 Å². The third-order valence-corrected chi connectivity index (χ3v) is 7.81. The Morgan fingerprint density at radius 2 is 0.865 bits per heavy atom. The van der Waals surface area contributed by atoms with Crippen LogP contribution in [0.15, 0.2) is 12.2 Å². The first-order valence-corrected chi connectivity index (χ1v) is 14.9. The van der Waals surface area contributed by atoms with E-state index in [1.807, 2.05) is 0 Å². The molecule has 3 unspecified atom stereocenters. The molecular weight excluding hydrogens is 470 g/mol. The van der Waals surface area contributed by atoms with Gasteiger partial charge in [0.05, 0.1) is 6.54 Å². The zero-order chi connectivity index (χ0) is 28.1. The maximum Gasteiger partial charge on any atom is 0.362 e. The van der Waals surface area contributed by atoms with E-state index in [1.54, 1.807) is 20.8 Å². The minimum atomic E-state index is -1.12. The van der Waals surface area contributed by atoms with E-state index >= 15 is 0 Å². The highest BCUT2D eigenvalue weighted by Gasteiger charge is 2.55. The first-order chi connectivity index (χ1) is 17.7. The minimum absolute atomic E-state index is 0.190. The van der Waals surface area contributed by atoms with Crippen LogP contribution in [0.4, 0.5) is 0 Å². The molecule has 0 aliphatic carbocycles. The van der Waals surface area contributed by atoms with Crippen molar-refractivity contribution in [3.63, 3.8) is 0 Å². The first-order valence-electron chi connectivity index (χ1n) is 14.9. The fourth-order valence-corrected chi connectivity index (χ4v) is 5.91. The van der Waals surface area contributed by atoms with Gasteiger partial charge in [-0.25, -0.2) is 14.4 Å². The van der Waals surface area contributed by atoms with Gasteiger partial charge in [-0.2, -0.15) is 0 Å². The van der Waals surface area contributed by atoms with Crippen molar-refractivity contribution >= 4 is 17.9 Å². The van der Waals surface area contributed by atoms with E-state index in [4.69, 9.17) is 0 Å². The van der Waals surface area contributed by atoms with Gasteiger partial charge < -0.3 is 15.3 Å². The van der Waals surface area contributed by atoms with Crippen molar-refractivity contribution in [3.05, 3.63) is 12.2 Å². The van der Waals surface area contributed by atoms with Gasteiger partial charge in [-0.15, -0.1) is 0 Å². The molecule has 0 aliphatic rings. The maximum absolute atomic E-state index is 12.2. The van der Waals surface area contributed by atoms with Crippen molar-refractivity contribution in [2.24, 2.45) is 0 Å². The number of hydrogen-bond donors (Lipinski definition) is 3. The fourth-order valence-electron chi connectivity index (χ4n) is 5.91. The van der Waals surface area contributed by atoms with Crippen molar-refractivity contribution in [2.45, 2.75) is 155 Å². The summed E-state index contributed by atoms with van der Waals surface area (Å²) in [6.07, 6.45) is 21.2. The average molecular weight is 527 g/mol. The molecule has 0 spiro atoms. The highest BCUT2D eigenvalue weighted by Crippen LogP contribution is 2.32. The average Bonchev–Trinajstić information content (AvgIpc) is 2.84. The number of carboxylic acid groups (broad SMARTS) is 3. The van der Waals surface area contributed by atoms with Crippen molar-refractivity contribution in [1.82, 2.24) is 0 Å². The molecule has 0 fully saturated rings. The summed E-state index contributed by atoms with van der Waals surface area (Å²) >= 11 is 0. The predicted octanol–water partition coefficient (Wildman–Crippen LogP) is 7.43. The van der Waals surface area contributed by atoms with Gasteiger partial charge in [0.1, 0.15) is 0 Å². The molecule has 3 atom stereocenters. The zero-order valence-corrected chi connectivity index (χ0v) is 24.1. The van der Waals surface area contributed by atoms with Gasteiger partial charge in [-0.3, -0.25) is 4.48 Å². The van der Waals surface area contributed by atoms with E-state index in [-0.39, 0.29) is 25.8 Å². The zero-order valence-electron chi connectivity index (χ0n) is 24.1. The molecular formula is C30H56NO6+. The Hall–Kier alpha value is -1.89. The van der Waals surface area contributed by atoms with Gasteiger partial charge in [-0.1, -0.05) is 91.2 Å². The minimum Gasteiger partial charge on any atom is -0.477 e. The number of allylic oxidation sites excluding steroid dienone is 2. The van der Waals surface area contributed by atoms with Gasteiger partial charge in [0.15, 0.2) is 18.1 Å². The monoisotopic (exact) mass is 526 g/mol. The molecule has 0 radical (unpaired) electrons. The summed E-state index contributed by atoms with van der Waals surface area (Å²) in [6, 6.07) is -3.19. The van der Waals surface area contributed by atoms with E-state index in [2.05, 4.69) is 19.1 Å². The highest BCUT2D eigenvalue weighted by atomic mass is 16.4. The smallest absolute Gasteiger partial charge is 0.362 e. The van der Waals surface area contributed by atoms with E-state index in [0.717, 1.165) is 38.5 Å². The van der Waals surface area contributed by atoms with Crippen molar-refractivity contribution in [2.75, 3.05) is 6.54 Å². The molecule has 0 saturated carbocycles. The Labute approximate surface area is 225 Å².